The van der Waals surface area contributed by atoms with Crippen molar-refractivity contribution in [2.45, 2.75) is 175 Å². The number of aromatic nitrogens is 3. The van der Waals surface area contributed by atoms with E-state index in [0.717, 1.165) is 17.6 Å². The van der Waals surface area contributed by atoms with Crippen LogP contribution in [0.25, 0.3) is 31.9 Å². The highest BCUT2D eigenvalue weighted by molar-refractivity contribution is 7.16. The van der Waals surface area contributed by atoms with Gasteiger partial charge in [0.15, 0.2) is 0 Å². The molecule has 3 heterocycles. The van der Waals surface area contributed by atoms with Crippen molar-refractivity contribution in [3.63, 3.8) is 0 Å². The molecule has 260 valence electrons. The van der Waals surface area contributed by atoms with E-state index in [1.54, 1.807) is 0 Å². The molecule has 4 rings (SSSR count). The normalized spacial score (nSPS) is 12.4. The van der Waals surface area contributed by atoms with Gasteiger partial charge in [-0.1, -0.05) is 143 Å². The van der Waals surface area contributed by atoms with E-state index in [0.29, 0.717) is 5.92 Å². The summed E-state index contributed by atoms with van der Waals surface area (Å²) in [4.78, 5) is 7.72. The first-order valence-corrected chi connectivity index (χ1v) is 21.4. The van der Waals surface area contributed by atoms with Gasteiger partial charge in [0.1, 0.15) is 11.0 Å². The topological polar surface area (TPSA) is 30.7 Å². The number of fused-ring (bicyclic) bond motifs is 1. The van der Waals surface area contributed by atoms with Gasteiger partial charge in [0.2, 0.25) is 0 Å². The van der Waals surface area contributed by atoms with Crippen LogP contribution in [0.3, 0.4) is 0 Å². The van der Waals surface area contributed by atoms with Crippen LogP contribution in [-0.2, 0) is 19.4 Å². The standard InChI is InChI=1S/C42H65N3S2/c1-5-9-13-15-17-18-20-22-24-34(23-21-19-16-14-10-6-2)33-45-43-41-37(39-31-27-35(46-39)25-11-7-3)29-30-38(42(41)44-45)40-32-28-36(47-40)26-12-8-4/h27-32,34H,5-26,33H2,1-4H3. The van der Waals surface area contributed by atoms with Crippen molar-refractivity contribution in [1.29, 1.82) is 0 Å². The van der Waals surface area contributed by atoms with Gasteiger partial charge in [-0.25, -0.2) is 0 Å². The molecule has 3 nitrogen and oxygen atoms in total. The van der Waals surface area contributed by atoms with Crippen LogP contribution in [0.15, 0.2) is 36.4 Å². The Morgan fingerprint density at radius 2 is 0.894 bits per heavy atom. The number of benzene rings is 1. The molecule has 0 saturated heterocycles. The Morgan fingerprint density at radius 3 is 1.32 bits per heavy atom. The molecule has 0 aliphatic carbocycles. The fourth-order valence-corrected chi connectivity index (χ4v) is 9.02. The van der Waals surface area contributed by atoms with Crippen molar-refractivity contribution in [3.05, 3.63) is 46.2 Å². The molecule has 1 aromatic carbocycles. The van der Waals surface area contributed by atoms with E-state index in [4.69, 9.17) is 10.2 Å². The van der Waals surface area contributed by atoms with E-state index in [9.17, 15) is 0 Å². The molecule has 3 aromatic heterocycles. The van der Waals surface area contributed by atoms with Crippen LogP contribution in [-0.4, -0.2) is 15.0 Å². The predicted molar refractivity (Wildman–Crippen MR) is 210 cm³/mol. The molecule has 0 fully saturated rings. The Balaban J connectivity index is 1.55. The zero-order valence-corrected chi connectivity index (χ0v) is 32.1. The minimum Gasteiger partial charge on any atom is -0.183 e. The number of hydrogen-bond acceptors (Lipinski definition) is 4. The molecule has 1 unspecified atom stereocenters. The molecular weight excluding hydrogens is 611 g/mol. The second-order valence-corrected chi connectivity index (χ2v) is 16.4. The molecule has 0 saturated carbocycles. The van der Waals surface area contributed by atoms with E-state index in [1.807, 2.05) is 22.7 Å². The first-order chi connectivity index (χ1) is 23.2. The third-order valence-electron chi connectivity index (χ3n) is 9.84. The highest BCUT2D eigenvalue weighted by Crippen LogP contribution is 2.39. The Hall–Kier alpha value is -1.98. The third-order valence-corrected chi connectivity index (χ3v) is 12.2. The summed E-state index contributed by atoms with van der Waals surface area (Å²) in [6.07, 6.45) is 29.2. The van der Waals surface area contributed by atoms with Crippen molar-refractivity contribution in [1.82, 2.24) is 15.0 Å². The summed E-state index contributed by atoms with van der Waals surface area (Å²) >= 11 is 3.89. The van der Waals surface area contributed by atoms with Crippen molar-refractivity contribution in [2.75, 3.05) is 0 Å². The lowest BCUT2D eigenvalue weighted by molar-refractivity contribution is 0.326. The zero-order chi connectivity index (χ0) is 33.1. The van der Waals surface area contributed by atoms with Gasteiger partial charge in [-0.15, -0.1) is 22.7 Å². The van der Waals surface area contributed by atoms with Crippen molar-refractivity contribution in [3.8, 4) is 20.9 Å². The predicted octanol–water partition coefficient (Wildman–Crippen LogP) is 14.5. The van der Waals surface area contributed by atoms with E-state index < -0.39 is 0 Å². The summed E-state index contributed by atoms with van der Waals surface area (Å²) in [6, 6.07) is 14.0. The average molecular weight is 676 g/mol. The molecule has 4 aromatic rings. The number of aryl methyl sites for hydroxylation is 2. The molecule has 1 atom stereocenters. The second kappa shape index (κ2) is 21.9. The Bertz CT molecular complexity index is 1310. The highest BCUT2D eigenvalue weighted by atomic mass is 32.1. The SMILES string of the molecule is CCCCCCCCCCC(CCCCCCCC)Cn1nc2c(-c3ccc(CCCC)s3)ccc(-c3ccc(CCCC)s3)c2n1. The molecule has 0 bridgehead atoms. The van der Waals surface area contributed by atoms with Crippen LogP contribution in [0, 0.1) is 5.92 Å². The fourth-order valence-electron chi connectivity index (χ4n) is 6.87. The lowest BCUT2D eigenvalue weighted by atomic mass is 9.94. The zero-order valence-electron chi connectivity index (χ0n) is 30.5. The molecule has 0 amide bonds. The third kappa shape index (κ3) is 12.4. The summed E-state index contributed by atoms with van der Waals surface area (Å²) < 4.78 is 0. The van der Waals surface area contributed by atoms with Crippen LogP contribution in [0.1, 0.15) is 166 Å². The smallest absolute Gasteiger partial charge is 0.122 e. The van der Waals surface area contributed by atoms with Crippen LogP contribution < -0.4 is 0 Å². The summed E-state index contributed by atoms with van der Waals surface area (Å²) in [5.41, 5.74) is 4.67. The van der Waals surface area contributed by atoms with Gasteiger partial charge in [-0.3, -0.25) is 0 Å². The second-order valence-electron chi connectivity index (χ2n) is 14.0. The summed E-state index contributed by atoms with van der Waals surface area (Å²) in [7, 11) is 0. The molecule has 47 heavy (non-hydrogen) atoms. The largest absolute Gasteiger partial charge is 0.183 e. The number of hydrogen-bond donors (Lipinski definition) is 0. The fraction of sp³-hybridized carbons (Fsp3) is 0.667. The molecule has 0 spiro atoms. The molecule has 0 aliphatic rings. The van der Waals surface area contributed by atoms with Crippen molar-refractivity contribution >= 4 is 33.7 Å². The summed E-state index contributed by atoms with van der Waals surface area (Å²) in [5.74, 6) is 0.653. The lowest BCUT2D eigenvalue weighted by Gasteiger charge is -2.16. The van der Waals surface area contributed by atoms with Gasteiger partial charge in [-0.2, -0.15) is 15.0 Å². The van der Waals surface area contributed by atoms with Gasteiger partial charge >= 0.3 is 0 Å². The molecule has 0 radical (unpaired) electrons. The molecule has 5 heteroatoms. The van der Waals surface area contributed by atoms with Crippen LogP contribution in [0.2, 0.25) is 0 Å². The van der Waals surface area contributed by atoms with Crippen LogP contribution >= 0.6 is 22.7 Å². The lowest BCUT2D eigenvalue weighted by Crippen LogP contribution is -2.14. The van der Waals surface area contributed by atoms with Crippen LogP contribution in [0.4, 0.5) is 0 Å². The monoisotopic (exact) mass is 675 g/mol. The number of thiophene rings is 2. The van der Waals surface area contributed by atoms with Gasteiger partial charge in [0, 0.05) is 30.6 Å². The van der Waals surface area contributed by atoms with Crippen molar-refractivity contribution < 1.29 is 0 Å². The number of nitrogens with zero attached hydrogens (tertiary/aromatic N) is 3. The minimum atomic E-state index is 0.653. The maximum Gasteiger partial charge on any atom is 0.122 e. The maximum atomic E-state index is 5.31. The quantitative estimate of drug-likeness (QED) is 0.0620. The first kappa shape index (κ1) is 37.8. The number of unbranched alkanes of at least 4 members (excludes halogenated alkanes) is 14. The Labute approximate surface area is 296 Å². The van der Waals surface area contributed by atoms with Crippen LogP contribution in [0.5, 0.6) is 0 Å². The van der Waals surface area contributed by atoms with E-state index >= 15 is 0 Å². The van der Waals surface area contributed by atoms with Crippen molar-refractivity contribution in [2.24, 2.45) is 5.92 Å². The van der Waals surface area contributed by atoms with Gasteiger partial charge < -0.3 is 0 Å². The highest BCUT2D eigenvalue weighted by Gasteiger charge is 2.19. The Morgan fingerprint density at radius 1 is 0.489 bits per heavy atom. The average Bonchev–Trinajstić information content (AvgIpc) is 3.85. The first-order valence-electron chi connectivity index (χ1n) is 19.7. The Kier molecular flexibility index (Phi) is 17.6. The molecule has 0 N–H and O–H groups in total. The van der Waals surface area contributed by atoms with Gasteiger partial charge in [0.05, 0.1) is 6.54 Å². The molecular formula is C42H65N3S2. The molecule has 0 aliphatic heterocycles. The minimum absolute atomic E-state index is 0.653. The van der Waals surface area contributed by atoms with E-state index in [1.165, 1.54) is 172 Å². The van der Waals surface area contributed by atoms with E-state index in [-0.39, 0.29) is 0 Å². The maximum absolute atomic E-state index is 5.31. The van der Waals surface area contributed by atoms with Gasteiger partial charge in [0.25, 0.3) is 0 Å². The summed E-state index contributed by atoms with van der Waals surface area (Å²) in [6.45, 7) is 10.1. The van der Waals surface area contributed by atoms with Gasteiger partial charge in [-0.05, 0) is 68.7 Å². The van der Waals surface area contributed by atoms with E-state index in [2.05, 4.69) is 68.9 Å². The number of rotatable bonds is 26. The summed E-state index contributed by atoms with van der Waals surface area (Å²) in [5, 5.41) is 10.6.